The van der Waals surface area contributed by atoms with E-state index in [0.29, 0.717) is 22.0 Å². The Kier molecular flexibility index (Phi) is 6.06. The minimum Gasteiger partial charge on any atom is -0.454 e. The van der Waals surface area contributed by atoms with E-state index in [1.54, 1.807) is 36.4 Å². The van der Waals surface area contributed by atoms with Gasteiger partial charge in [0.2, 0.25) is 5.89 Å². The molecule has 0 saturated carbocycles. The summed E-state index contributed by atoms with van der Waals surface area (Å²) in [5.41, 5.74) is 3.28. The van der Waals surface area contributed by atoms with E-state index >= 15 is 0 Å². The second kappa shape index (κ2) is 8.67. The fraction of sp³-hybridized carbons (Fsp3) is 0.200. The number of carbonyl (C=O) groups excluding carboxylic acids is 2. The summed E-state index contributed by atoms with van der Waals surface area (Å²) in [4.78, 5) is 23.9. The molecular weight excluding hydrogens is 382 g/mol. The van der Waals surface area contributed by atoms with Gasteiger partial charge in [0, 0.05) is 16.1 Å². The average molecular weight is 400 g/mol. The normalized spacial score (nSPS) is 10.5. The van der Waals surface area contributed by atoms with Crippen LogP contribution in [0.5, 0.6) is 0 Å². The molecule has 0 unspecified atom stereocenters. The van der Waals surface area contributed by atoms with Crippen molar-refractivity contribution in [2.45, 2.75) is 20.5 Å². The monoisotopic (exact) mass is 399 g/mol. The Morgan fingerprint density at radius 2 is 1.82 bits per heavy atom. The molecule has 1 aromatic heterocycles. The maximum absolute atomic E-state index is 12.1. The Morgan fingerprint density at radius 1 is 1.07 bits per heavy atom. The molecule has 0 atom stereocenters. The van der Waals surface area contributed by atoms with Crippen molar-refractivity contribution in [1.29, 1.82) is 0 Å². The molecule has 28 heavy (non-hydrogen) atoms. The Labute approximate surface area is 166 Å². The van der Waals surface area contributed by atoms with Crippen molar-refractivity contribution in [3.05, 3.63) is 70.1 Å². The number of aromatic nitrogens is 2. The zero-order valence-electron chi connectivity index (χ0n) is 15.4. The Hall–Kier alpha value is -3.19. The lowest BCUT2D eigenvalue weighted by Crippen LogP contribution is -2.30. The number of esters is 1. The van der Waals surface area contributed by atoms with E-state index in [1.807, 2.05) is 19.9 Å². The summed E-state index contributed by atoms with van der Waals surface area (Å²) in [7, 11) is 0. The lowest BCUT2D eigenvalue weighted by Gasteiger charge is -2.07. The molecule has 144 valence electrons. The topological polar surface area (TPSA) is 94.3 Å². The third-order valence-electron chi connectivity index (χ3n) is 4.08. The lowest BCUT2D eigenvalue weighted by molar-refractivity contribution is -0.144. The first-order valence-electron chi connectivity index (χ1n) is 8.52. The first-order valence-corrected chi connectivity index (χ1v) is 8.89. The van der Waals surface area contributed by atoms with Crippen LogP contribution in [0.15, 0.2) is 46.9 Å². The first kappa shape index (κ1) is 19.6. The highest BCUT2D eigenvalue weighted by molar-refractivity contribution is 6.30. The summed E-state index contributed by atoms with van der Waals surface area (Å²) in [6.07, 6.45) is 0. The van der Waals surface area contributed by atoms with E-state index in [0.717, 1.165) is 11.1 Å². The highest BCUT2D eigenvalue weighted by atomic mass is 35.5. The molecule has 0 bridgehead atoms. The predicted molar refractivity (Wildman–Crippen MR) is 103 cm³/mol. The Bertz CT molecular complexity index is 999. The van der Waals surface area contributed by atoms with Gasteiger partial charge >= 0.3 is 5.97 Å². The van der Waals surface area contributed by atoms with Crippen LogP contribution in [0.2, 0.25) is 5.02 Å². The number of nitrogens with one attached hydrogen (secondary N) is 1. The van der Waals surface area contributed by atoms with Gasteiger partial charge in [0.1, 0.15) is 6.54 Å². The second-order valence-corrected chi connectivity index (χ2v) is 6.59. The summed E-state index contributed by atoms with van der Waals surface area (Å²) in [5, 5.41) is 10.9. The quantitative estimate of drug-likeness (QED) is 0.638. The van der Waals surface area contributed by atoms with Crippen LogP contribution in [0.4, 0.5) is 0 Å². The maximum atomic E-state index is 12.1. The average Bonchev–Trinajstić information content (AvgIpc) is 3.16. The van der Waals surface area contributed by atoms with Gasteiger partial charge in [-0.05, 0) is 61.4 Å². The van der Waals surface area contributed by atoms with E-state index in [4.69, 9.17) is 20.8 Å². The van der Waals surface area contributed by atoms with E-state index in [-0.39, 0.29) is 24.9 Å². The van der Waals surface area contributed by atoms with Crippen LogP contribution in [0.1, 0.15) is 27.4 Å². The summed E-state index contributed by atoms with van der Waals surface area (Å²) >= 11 is 5.84. The van der Waals surface area contributed by atoms with E-state index in [9.17, 15) is 9.59 Å². The zero-order valence-corrected chi connectivity index (χ0v) is 16.1. The van der Waals surface area contributed by atoms with Crippen LogP contribution in [-0.4, -0.2) is 28.6 Å². The number of amides is 1. The van der Waals surface area contributed by atoms with Gasteiger partial charge in [-0.3, -0.25) is 9.59 Å². The SMILES string of the molecule is Cc1ccc(C(=O)NCC(=O)OCc2nnc(-c3ccc(Cl)cc3)o2)cc1C. The van der Waals surface area contributed by atoms with Gasteiger partial charge in [-0.2, -0.15) is 0 Å². The Balaban J connectivity index is 1.48. The zero-order chi connectivity index (χ0) is 20.1. The van der Waals surface area contributed by atoms with Gasteiger partial charge in [0.25, 0.3) is 11.8 Å². The van der Waals surface area contributed by atoms with Crippen LogP contribution in [-0.2, 0) is 16.1 Å². The molecule has 8 heteroatoms. The maximum Gasteiger partial charge on any atom is 0.325 e. The van der Waals surface area contributed by atoms with Crippen molar-refractivity contribution >= 4 is 23.5 Å². The Morgan fingerprint density at radius 3 is 2.54 bits per heavy atom. The highest BCUT2D eigenvalue weighted by Gasteiger charge is 2.13. The number of benzene rings is 2. The summed E-state index contributed by atoms with van der Waals surface area (Å²) < 4.78 is 10.5. The molecule has 1 N–H and O–H groups in total. The van der Waals surface area contributed by atoms with Crippen LogP contribution in [0.3, 0.4) is 0 Å². The van der Waals surface area contributed by atoms with Crippen molar-refractivity contribution in [3.8, 4) is 11.5 Å². The minimum atomic E-state index is -0.608. The summed E-state index contributed by atoms with van der Waals surface area (Å²) in [5.74, 6) is -0.504. The van der Waals surface area contributed by atoms with Crippen LogP contribution in [0.25, 0.3) is 11.5 Å². The van der Waals surface area contributed by atoms with Crippen LogP contribution < -0.4 is 5.32 Å². The molecule has 3 rings (SSSR count). The highest BCUT2D eigenvalue weighted by Crippen LogP contribution is 2.20. The molecule has 0 fully saturated rings. The van der Waals surface area contributed by atoms with E-state index in [1.165, 1.54) is 0 Å². The lowest BCUT2D eigenvalue weighted by atomic mass is 10.1. The number of hydrogen-bond acceptors (Lipinski definition) is 6. The molecule has 0 spiro atoms. The molecular formula is C20H18ClN3O4. The van der Waals surface area contributed by atoms with E-state index in [2.05, 4.69) is 15.5 Å². The number of hydrogen-bond donors (Lipinski definition) is 1. The molecule has 0 saturated heterocycles. The number of nitrogens with zero attached hydrogens (tertiary/aromatic N) is 2. The van der Waals surface area contributed by atoms with Crippen molar-refractivity contribution in [2.75, 3.05) is 6.54 Å². The van der Waals surface area contributed by atoms with Gasteiger partial charge in [-0.25, -0.2) is 0 Å². The third kappa shape index (κ3) is 4.95. The summed E-state index contributed by atoms with van der Waals surface area (Å²) in [6.45, 7) is 3.44. The molecule has 0 radical (unpaired) electrons. The van der Waals surface area contributed by atoms with Gasteiger partial charge in [-0.15, -0.1) is 10.2 Å². The number of aryl methyl sites for hydroxylation is 2. The number of rotatable bonds is 6. The van der Waals surface area contributed by atoms with Gasteiger partial charge in [0.05, 0.1) is 0 Å². The first-order chi connectivity index (χ1) is 13.4. The smallest absolute Gasteiger partial charge is 0.325 e. The van der Waals surface area contributed by atoms with Gasteiger partial charge in [-0.1, -0.05) is 17.7 Å². The van der Waals surface area contributed by atoms with Gasteiger partial charge in [0.15, 0.2) is 6.61 Å². The molecule has 2 aromatic carbocycles. The fourth-order valence-electron chi connectivity index (χ4n) is 2.35. The minimum absolute atomic E-state index is 0.152. The number of halogens is 1. The molecule has 0 aliphatic rings. The summed E-state index contributed by atoms with van der Waals surface area (Å²) in [6, 6.07) is 12.2. The molecule has 3 aromatic rings. The van der Waals surface area contributed by atoms with Crippen molar-refractivity contribution in [1.82, 2.24) is 15.5 Å². The molecule has 0 aliphatic heterocycles. The molecule has 7 nitrogen and oxygen atoms in total. The van der Waals surface area contributed by atoms with E-state index < -0.39 is 5.97 Å². The molecule has 1 amide bonds. The number of ether oxygens (including phenoxy) is 1. The largest absolute Gasteiger partial charge is 0.454 e. The van der Waals surface area contributed by atoms with Crippen molar-refractivity contribution in [3.63, 3.8) is 0 Å². The van der Waals surface area contributed by atoms with Crippen LogP contribution >= 0.6 is 11.6 Å². The predicted octanol–water partition coefficient (Wildman–Crippen LogP) is 3.48. The van der Waals surface area contributed by atoms with Crippen LogP contribution in [0, 0.1) is 13.8 Å². The number of carbonyl (C=O) groups is 2. The standard InChI is InChI=1S/C20H18ClN3O4/c1-12-3-4-15(9-13(12)2)19(26)22-10-18(25)27-11-17-23-24-20(28-17)14-5-7-16(21)8-6-14/h3-9H,10-11H2,1-2H3,(H,22,26). The van der Waals surface area contributed by atoms with Crippen molar-refractivity contribution < 1.29 is 18.7 Å². The van der Waals surface area contributed by atoms with Gasteiger partial charge < -0.3 is 14.5 Å². The molecule has 1 heterocycles. The molecule has 0 aliphatic carbocycles. The third-order valence-corrected chi connectivity index (χ3v) is 4.33. The fourth-order valence-corrected chi connectivity index (χ4v) is 2.48. The second-order valence-electron chi connectivity index (χ2n) is 6.15. The van der Waals surface area contributed by atoms with Crippen molar-refractivity contribution in [2.24, 2.45) is 0 Å².